The number of aromatic nitrogens is 1. The molecule has 0 bridgehead atoms. The average Bonchev–Trinajstić information content (AvgIpc) is 3.79. The van der Waals surface area contributed by atoms with E-state index in [0.29, 0.717) is 43.4 Å². The highest BCUT2D eigenvalue weighted by Crippen LogP contribution is 2.19. The van der Waals surface area contributed by atoms with Crippen molar-refractivity contribution in [2.45, 2.75) is 122 Å². The van der Waals surface area contributed by atoms with Crippen molar-refractivity contribution < 1.29 is 43.2 Å². The second kappa shape index (κ2) is 35.8. The normalized spacial score (nSPS) is 19.1. The molecule has 2 heterocycles. The highest BCUT2D eigenvalue weighted by atomic mass is 16.2. The molecule has 1 aliphatic heterocycles. The molecular formula is C50H79N17O9. The van der Waals surface area contributed by atoms with Gasteiger partial charge in [-0.2, -0.15) is 0 Å². The quantitative estimate of drug-likeness (QED) is 0.0394. The molecule has 21 N–H and O–H groups in total. The summed E-state index contributed by atoms with van der Waals surface area (Å²) < 4.78 is 0. The third kappa shape index (κ3) is 26.1. The van der Waals surface area contributed by atoms with Crippen molar-refractivity contribution in [2.75, 3.05) is 39.3 Å². The second-order valence-corrected chi connectivity index (χ2v) is 17.7. The molecule has 0 saturated carbocycles. The van der Waals surface area contributed by atoms with Gasteiger partial charge in [0.1, 0.15) is 30.2 Å². The lowest BCUT2D eigenvalue weighted by Crippen LogP contribution is -2.58. The smallest absolute Gasteiger partial charge is 0.243 e. The number of fused-ring (bicyclic) bond motifs is 1. The molecule has 26 nitrogen and oxygen atoms in total. The Morgan fingerprint density at radius 3 is 1.91 bits per heavy atom. The molecule has 0 radical (unpaired) electrons. The maximum absolute atomic E-state index is 14.0. The number of aromatic amines is 1. The summed E-state index contributed by atoms with van der Waals surface area (Å²) in [5.74, 6) is -6.23. The van der Waals surface area contributed by atoms with Crippen LogP contribution in [0.25, 0.3) is 10.9 Å². The Hall–Kier alpha value is -8.29. The molecule has 76 heavy (non-hydrogen) atoms. The van der Waals surface area contributed by atoms with Crippen molar-refractivity contribution in [3.05, 3.63) is 71.9 Å². The largest absolute Gasteiger partial charge is 0.370 e. The van der Waals surface area contributed by atoms with E-state index in [1.807, 2.05) is 38.1 Å². The number of carbonyl (C=O) groups excluding carboxylic acids is 9. The molecule has 3 aromatic rings. The van der Waals surface area contributed by atoms with E-state index < -0.39 is 103 Å². The minimum absolute atomic E-state index is 0.00564. The van der Waals surface area contributed by atoms with Crippen LogP contribution in [0.5, 0.6) is 0 Å². The molecule has 5 atom stereocenters. The number of benzene rings is 2. The molecule has 4 rings (SSSR count). The molecule has 0 spiro atoms. The minimum Gasteiger partial charge on any atom is -0.370 e. The Bertz CT molecular complexity index is 2390. The van der Waals surface area contributed by atoms with Crippen LogP contribution in [0, 0.1) is 0 Å². The van der Waals surface area contributed by atoms with Crippen LogP contribution in [0.15, 0.2) is 70.8 Å². The molecule has 2 aromatic carbocycles. The molecule has 1 aromatic heterocycles. The van der Waals surface area contributed by atoms with Gasteiger partial charge in [0.15, 0.2) is 11.9 Å². The highest BCUT2D eigenvalue weighted by molar-refractivity contribution is 5.98. The summed E-state index contributed by atoms with van der Waals surface area (Å²) in [6.45, 7) is 6.00. The van der Waals surface area contributed by atoms with Crippen LogP contribution in [0.1, 0.15) is 89.7 Å². The zero-order valence-corrected chi connectivity index (χ0v) is 43.7. The summed E-state index contributed by atoms with van der Waals surface area (Å²) in [5, 5.41) is 21.4. The van der Waals surface area contributed by atoms with Crippen LogP contribution in [0.2, 0.25) is 0 Å². The van der Waals surface area contributed by atoms with E-state index in [2.05, 4.69) is 57.5 Å². The van der Waals surface area contributed by atoms with Gasteiger partial charge in [-0.15, -0.1) is 0 Å². The van der Waals surface area contributed by atoms with Gasteiger partial charge in [-0.25, -0.2) is 0 Å². The van der Waals surface area contributed by atoms with E-state index in [1.165, 1.54) is 6.92 Å². The van der Waals surface area contributed by atoms with E-state index in [4.69, 9.17) is 34.4 Å². The molecular weight excluding hydrogens is 983 g/mol. The predicted octanol–water partition coefficient (Wildman–Crippen LogP) is -2.73. The number of nitrogens with zero attached hydrogens (tertiary/aromatic N) is 2. The van der Waals surface area contributed by atoms with Crippen molar-refractivity contribution in [1.82, 2.24) is 47.5 Å². The number of guanidine groups is 2. The Morgan fingerprint density at radius 1 is 0.684 bits per heavy atom. The van der Waals surface area contributed by atoms with Gasteiger partial charge in [-0.1, -0.05) is 62.4 Å². The molecule has 9 amide bonds. The first-order valence-electron chi connectivity index (χ1n) is 25.3. The zero-order chi connectivity index (χ0) is 56.4. The summed E-state index contributed by atoms with van der Waals surface area (Å²) in [6, 6.07) is 9.73. The lowest BCUT2D eigenvalue weighted by Gasteiger charge is -2.25. The molecule has 418 valence electrons. The van der Waals surface area contributed by atoms with Crippen molar-refractivity contribution in [2.24, 2.45) is 44.4 Å². The van der Waals surface area contributed by atoms with E-state index in [1.54, 1.807) is 36.5 Å². The number of primary amides is 1. The standard InChI is InChI=1S/C42H57N11O9.2C4H11N3/c1-25(54)46-23-36(56)50-34-21-35(55)45-18-10-8-15-30(38(44)58)51-41(61)33(20-27-22-47-29-14-6-5-13-28(27)29)49-37(57)24-48-39(59)32(19-26-11-3-2-4-12-26)53-40(60)31(52-42(34)62)16-7-9-17-43;2*1-2-3-7-4(5)6/h2-6,11-14,22,30-34,47H,7-10,15-21,23-24,43H2,1H3,(H2,44,58)(H,45,55)(H,46,54)(H,48,59)(H,49,57)(H,50,56)(H,51,61)(H,52,62)(H,53,60);2*2-3H2,1H3,(H4,5,6,7)/t30?,31-,32?,33-,34?;;/m0../s1. The number of nitrogens with two attached hydrogens (primary N) is 6. The molecule has 1 saturated heterocycles. The number of H-pyrrole nitrogens is 1. The maximum atomic E-state index is 14.0. The monoisotopic (exact) mass is 1060 g/mol. The summed E-state index contributed by atoms with van der Waals surface area (Å²) in [4.78, 5) is 129. The third-order valence-electron chi connectivity index (χ3n) is 11.1. The third-order valence-corrected chi connectivity index (χ3v) is 11.1. The van der Waals surface area contributed by atoms with Gasteiger partial charge >= 0.3 is 0 Å². The van der Waals surface area contributed by atoms with Crippen LogP contribution >= 0.6 is 0 Å². The SMILES string of the molecule is CC(=O)NCC(=O)NC1CC(=O)NCCCCC(C(N)=O)NC(=O)[C@H](Cc2c[nH]c3ccccc23)NC(=O)CNC(=O)C(Cc2ccccc2)NC(=O)[C@H](CCCCN)NC1=O.CCCN=C(N)N.CCCN=C(N)N. The molecule has 1 fully saturated rings. The first-order chi connectivity index (χ1) is 36.3. The van der Waals surface area contributed by atoms with Crippen LogP contribution in [0.4, 0.5) is 0 Å². The van der Waals surface area contributed by atoms with Crippen molar-refractivity contribution in [3.63, 3.8) is 0 Å². The number of aliphatic imine (C=N–C) groups is 2. The van der Waals surface area contributed by atoms with Gasteiger partial charge in [-0.3, -0.25) is 53.1 Å². The Labute approximate surface area is 442 Å². The van der Waals surface area contributed by atoms with Crippen LogP contribution in [-0.2, 0) is 56.0 Å². The number of hydrogen-bond acceptors (Lipinski definition) is 12. The molecule has 1 aliphatic rings. The number of hydrogen-bond donors (Lipinski definition) is 15. The van der Waals surface area contributed by atoms with Crippen molar-refractivity contribution >= 4 is 76.0 Å². The average molecular weight is 1060 g/mol. The van der Waals surface area contributed by atoms with Gasteiger partial charge in [0.25, 0.3) is 0 Å². The summed E-state index contributed by atoms with van der Waals surface area (Å²) in [5.41, 5.74) is 33.6. The zero-order valence-electron chi connectivity index (χ0n) is 43.7. The van der Waals surface area contributed by atoms with E-state index in [9.17, 15) is 43.2 Å². The number of unbranched alkanes of at least 4 members (excludes halogenated alkanes) is 1. The van der Waals surface area contributed by atoms with E-state index in [-0.39, 0.29) is 44.1 Å². The highest BCUT2D eigenvalue weighted by Gasteiger charge is 2.32. The maximum Gasteiger partial charge on any atom is 0.243 e. The van der Waals surface area contributed by atoms with Gasteiger partial charge in [-0.05, 0) is 75.1 Å². The summed E-state index contributed by atoms with van der Waals surface area (Å²) in [6.07, 6.45) is 4.79. The van der Waals surface area contributed by atoms with Crippen molar-refractivity contribution in [3.8, 4) is 0 Å². The number of carbonyl (C=O) groups is 9. The Balaban J connectivity index is 0.00000124. The first-order valence-corrected chi connectivity index (χ1v) is 25.3. The van der Waals surface area contributed by atoms with Gasteiger partial charge in [0, 0.05) is 56.5 Å². The Morgan fingerprint density at radius 2 is 1.30 bits per heavy atom. The fraction of sp³-hybridized carbons (Fsp3) is 0.500. The lowest BCUT2D eigenvalue weighted by molar-refractivity contribution is -0.135. The number of amides is 9. The van der Waals surface area contributed by atoms with E-state index in [0.717, 1.165) is 36.8 Å². The lowest BCUT2D eigenvalue weighted by atomic mass is 10.0. The van der Waals surface area contributed by atoms with Crippen molar-refractivity contribution in [1.29, 1.82) is 0 Å². The van der Waals surface area contributed by atoms with Gasteiger partial charge in [0.2, 0.25) is 53.2 Å². The topological polar surface area (TPSA) is 446 Å². The van der Waals surface area contributed by atoms with Crippen LogP contribution < -0.4 is 76.9 Å². The minimum atomic E-state index is -1.49. The number of para-hydroxylation sites is 1. The number of nitrogens with one attached hydrogen (secondary N) is 9. The van der Waals surface area contributed by atoms with Crippen LogP contribution in [0.3, 0.4) is 0 Å². The molecule has 26 heteroatoms. The first kappa shape index (κ1) is 63.8. The predicted molar refractivity (Wildman–Crippen MR) is 289 cm³/mol. The molecule has 0 aliphatic carbocycles. The number of rotatable bonds is 16. The van der Waals surface area contributed by atoms with Crippen LogP contribution in [-0.4, -0.2) is 140 Å². The fourth-order valence-corrected chi connectivity index (χ4v) is 7.29. The molecule has 3 unspecified atom stereocenters. The van der Waals surface area contributed by atoms with Gasteiger partial charge in [0.05, 0.1) is 19.5 Å². The van der Waals surface area contributed by atoms with E-state index >= 15 is 0 Å². The summed E-state index contributed by atoms with van der Waals surface area (Å²) in [7, 11) is 0. The van der Waals surface area contributed by atoms with Gasteiger partial charge < -0.3 is 81.9 Å². The Kier molecular flexibility index (Phi) is 30.1. The fourth-order valence-electron chi connectivity index (χ4n) is 7.29. The second-order valence-electron chi connectivity index (χ2n) is 17.7. The summed E-state index contributed by atoms with van der Waals surface area (Å²) >= 11 is 0.